The van der Waals surface area contributed by atoms with Crippen LogP contribution in [0.4, 0.5) is 0 Å². The van der Waals surface area contributed by atoms with Crippen LogP contribution in [-0.2, 0) is 21.9 Å². The summed E-state index contributed by atoms with van der Waals surface area (Å²) >= 11 is 0. The molecule has 0 fully saturated rings. The molecular weight excluding hydrogens is 651 g/mol. The zero-order valence-corrected chi connectivity index (χ0v) is 32.9. The van der Waals surface area contributed by atoms with E-state index >= 15 is 0 Å². The summed E-state index contributed by atoms with van der Waals surface area (Å²) in [6.07, 6.45) is 0.587. The molecule has 3 aliphatic rings. The number of ether oxygens (including phenoxy) is 2. The van der Waals surface area contributed by atoms with E-state index in [0.29, 0.717) is 11.6 Å². The minimum Gasteiger partial charge on any atom is -0.468 e. The molecule has 5 heteroatoms. The molecule has 4 heterocycles. The maximum atomic E-state index is 9.11. The van der Waals surface area contributed by atoms with Gasteiger partial charge >= 0.3 is 0 Å². The number of pyridine rings is 1. The van der Waals surface area contributed by atoms with Gasteiger partial charge in [-0.25, -0.2) is 9.98 Å². The molecule has 5 nitrogen and oxygen atoms in total. The van der Waals surface area contributed by atoms with Crippen molar-refractivity contribution in [2.24, 2.45) is 4.99 Å². The lowest BCUT2D eigenvalue weighted by Crippen LogP contribution is -2.36. The van der Waals surface area contributed by atoms with Crippen molar-refractivity contribution in [2.45, 2.75) is 117 Å². The first kappa shape index (κ1) is 31.6. The van der Waals surface area contributed by atoms with Crippen molar-refractivity contribution in [3.63, 3.8) is 0 Å². The third-order valence-corrected chi connectivity index (χ3v) is 12.3. The molecule has 0 saturated carbocycles. The number of fused-ring (bicyclic) bond motifs is 8. The Morgan fingerprint density at radius 2 is 1.72 bits per heavy atom. The highest BCUT2D eigenvalue weighted by Crippen LogP contribution is 2.51. The van der Waals surface area contributed by atoms with E-state index in [9.17, 15) is 0 Å². The fourth-order valence-corrected chi connectivity index (χ4v) is 8.78. The monoisotopic (exact) mass is 703 g/mol. The Kier molecular flexibility index (Phi) is 6.74. The zero-order valence-electron chi connectivity index (χ0n) is 34.9. The van der Waals surface area contributed by atoms with Crippen LogP contribution >= 0.6 is 0 Å². The number of hydrogen-bond acceptors (Lipinski definition) is 4. The summed E-state index contributed by atoms with van der Waals surface area (Å²) in [6.45, 7) is 24.1. The summed E-state index contributed by atoms with van der Waals surface area (Å²) in [5, 5.41) is 2.43. The van der Waals surface area contributed by atoms with Crippen molar-refractivity contribution in [2.75, 3.05) is 0 Å². The van der Waals surface area contributed by atoms with Crippen molar-refractivity contribution in [1.82, 2.24) is 9.55 Å². The number of hydrogen-bond donors (Lipinski definition) is 0. The van der Waals surface area contributed by atoms with E-state index in [0.717, 1.165) is 56.0 Å². The molecule has 4 aromatic carbocycles. The molecular formula is C48H51N3O2. The minimum atomic E-state index is -1.53. The number of rotatable bonds is 4. The molecule has 0 saturated heterocycles. The van der Waals surface area contributed by atoms with Crippen LogP contribution in [0, 0.1) is 20.8 Å². The third-order valence-electron chi connectivity index (χ3n) is 12.3. The van der Waals surface area contributed by atoms with Crippen LogP contribution in [-0.4, -0.2) is 21.0 Å². The van der Waals surface area contributed by atoms with Crippen LogP contribution in [0.1, 0.15) is 132 Å². The van der Waals surface area contributed by atoms with Gasteiger partial charge in [-0.3, -0.25) is 4.57 Å². The second kappa shape index (κ2) is 11.3. The zero-order chi connectivity index (χ0) is 39.1. The number of benzene rings is 4. The van der Waals surface area contributed by atoms with Gasteiger partial charge in [0.05, 0.1) is 11.0 Å². The van der Waals surface area contributed by atoms with Crippen LogP contribution in [0.25, 0.3) is 27.6 Å². The molecule has 1 aliphatic carbocycles. The Balaban J connectivity index is 1.18. The summed E-state index contributed by atoms with van der Waals surface area (Å²) < 4.78 is 34.2. The molecule has 270 valence electrons. The van der Waals surface area contributed by atoms with E-state index in [1.807, 2.05) is 45.2 Å². The molecule has 2 aliphatic heterocycles. The second-order valence-electron chi connectivity index (χ2n) is 17.8. The molecule has 0 N–H and O–H groups in total. The smallest absolute Gasteiger partial charge is 0.217 e. The Hall–Kier alpha value is -4.90. The Morgan fingerprint density at radius 1 is 0.925 bits per heavy atom. The van der Waals surface area contributed by atoms with E-state index in [4.69, 9.17) is 22.2 Å². The molecule has 2 atom stereocenters. The molecule has 9 rings (SSSR count). The van der Waals surface area contributed by atoms with Gasteiger partial charge in [-0.1, -0.05) is 72.7 Å². The first-order valence-corrected chi connectivity index (χ1v) is 19.1. The largest absolute Gasteiger partial charge is 0.468 e. The maximum absolute atomic E-state index is 9.11. The van der Waals surface area contributed by atoms with E-state index in [1.165, 1.54) is 33.0 Å². The molecule has 2 aromatic heterocycles. The lowest BCUT2D eigenvalue weighted by molar-refractivity contribution is 0.0601. The summed E-state index contributed by atoms with van der Waals surface area (Å²) in [6, 6.07) is 23.6. The second-order valence-corrected chi connectivity index (χ2v) is 17.8. The molecule has 53 heavy (non-hydrogen) atoms. The fourth-order valence-electron chi connectivity index (χ4n) is 8.78. The topological polar surface area (TPSA) is 48.6 Å². The first-order valence-electron chi connectivity index (χ1n) is 20.1. The Bertz CT molecular complexity index is 2660. The van der Waals surface area contributed by atoms with Gasteiger partial charge < -0.3 is 9.47 Å². The predicted octanol–water partition coefficient (Wildman–Crippen LogP) is 12.2. The van der Waals surface area contributed by atoms with Gasteiger partial charge in [0.25, 0.3) is 0 Å². The van der Waals surface area contributed by atoms with E-state index < -0.39 is 12.0 Å². The highest BCUT2D eigenvalue weighted by Gasteiger charge is 2.47. The van der Waals surface area contributed by atoms with Crippen LogP contribution in [0.5, 0.6) is 11.5 Å². The average Bonchev–Trinajstić information content (AvgIpc) is 3.62. The fraction of sp³-hybridized carbons (Fsp3) is 0.375. The van der Waals surface area contributed by atoms with E-state index in [-0.39, 0.29) is 29.2 Å². The summed E-state index contributed by atoms with van der Waals surface area (Å²) in [5.41, 5.74) is 11.8. The van der Waals surface area contributed by atoms with Gasteiger partial charge in [0, 0.05) is 42.3 Å². The molecule has 0 amide bonds. The molecule has 0 radical (unpaired) electrons. The SMILES string of the molecule is [2H]C1([2H])C[C@]2(C)OC(c3cc(Oc4cc5c(cc4C)c4cc(C(C)(C)C)cc6c4n5-c4ncccc4C6(C)C)cc(C(C)C)c3)=N[C@@H]2c2ccc(C)c(C)c21. The van der Waals surface area contributed by atoms with Gasteiger partial charge in [0.1, 0.15) is 29.0 Å². The number of aryl methyl sites for hydroxylation is 2. The molecule has 6 aromatic rings. The Morgan fingerprint density at radius 3 is 2.47 bits per heavy atom. The van der Waals surface area contributed by atoms with Crippen LogP contribution in [0.15, 0.2) is 77.9 Å². The predicted molar refractivity (Wildman–Crippen MR) is 218 cm³/mol. The van der Waals surface area contributed by atoms with Crippen molar-refractivity contribution in [1.29, 1.82) is 0 Å². The standard InChI is InChI=1S/C48H51N3O2/c1-26(2)30-20-31(45-50-43-35-15-14-27(3)29(5)34(35)16-17-48(43,11)53-45)22-33(21-30)52-41-25-40-36(19-28(41)4)37-23-32(46(6,7)8)24-39-42(37)51(40)44-38(47(39,9)10)13-12-18-49-44/h12-15,18-26,43H,16-17H2,1-11H3/t43-,48+/m1/s1/i16D2. The average molecular weight is 704 g/mol. The van der Waals surface area contributed by atoms with Gasteiger partial charge in [0.15, 0.2) is 0 Å². The molecule has 0 bridgehead atoms. The highest BCUT2D eigenvalue weighted by molar-refractivity contribution is 6.12. The molecule has 0 spiro atoms. The van der Waals surface area contributed by atoms with Crippen molar-refractivity contribution in [3.05, 3.63) is 129 Å². The summed E-state index contributed by atoms with van der Waals surface area (Å²) in [4.78, 5) is 10.2. The lowest BCUT2D eigenvalue weighted by atomic mass is 9.73. The third kappa shape index (κ3) is 5.02. The van der Waals surface area contributed by atoms with Crippen LogP contribution in [0.3, 0.4) is 0 Å². The van der Waals surface area contributed by atoms with E-state index in [1.54, 1.807) is 0 Å². The van der Waals surface area contributed by atoms with Gasteiger partial charge in [0.2, 0.25) is 5.90 Å². The number of aromatic nitrogens is 2. The number of aliphatic imine (C=N–C) groups is 1. The minimum absolute atomic E-state index is 0.0168. The van der Waals surface area contributed by atoms with Gasteiger partial charge in [-0.2, -0.15) is 0 Å². The summed E-state index contributed by atoms with van der Waals surface area (Å²) in [7, 11) is 0. The van der Waals surface area contributed by atoms with Gasteiger partial charge in [-0.15, -0.1) is 0 Å². The number of nitrogens with zero attached hydrogens (tertiary/aromatic N) is 3. The lowest BCUT2D eigenvalue weighted by Gasteiger charge is -2.36. The Labute approximate surface area is 316 Å². The van der Waals surface area contributed by atoms with Crippen molar-refractivity contribution in [3.8, 4) is 17.3 Å². The van der Waals surface area contributed by atoms with Gasteiger partial charge in [-0.05, 0) is 133 Å². The van der Waals surface area contributed by atoms with Crippen molar-refractivity contribution >= 4 is 27.7 Å². The molecule has 0 unspecified atom stereocenters. The van der Waals surface area contributed by atoms with E-state index in [2.05, 4.69) is 108 Å². The maximum Gasteiger partial charge on any atom is 0.217 e. The van der Waals surface area contributed by atoms with Crippen molar-refractivity contribution < 1.29 is 12.2 Å². The summed E-state index contributed by atoms with van der Waals surface area (Å²) in [5.74, 6) is 3.21. The quantitative estimate of drug-likeness (QED) is 0.184. The van der Waals surface area contributed by atoms with Crippen LogP contribution < -0.4 is 4.74 Å². The van der Waals surface area contributed by atoms with Crippen LogP contribution in [0.2, 0.25) is 0 Å². The highest BCUT2D eigenvalue weighted by atomic mass is 16.5. The first-order chi connectivity index (χ1) is 25.8. The normalized spacial score (nSPS) is 21.4.